The van der Waals surface area contributed by atoms with Crippen LogP contribution in [-0.2, 0) is 17.5 Å². The Morgan fingerprint density at radius 1 is 1.35 bits per heavy atom. The van der Waals surface area contributed by atoms with Gasteiger partial charge in [-0.2, -0.15) is 13.2 Å². The number of alkyl halides is 3. The van der Waals surface area contributed by atoms with E-state index in [0.717, 1.165) is 6.07 Å². The number of H-pyrrole nitrogens is 1. The molecule has 1 N–H and O–H groups in total. The Kier molecular flexibility index (Phi) is 2.82. The van der Waals surface area contributed by atoms with E-state index >= 15 is 0 Å². The first-order valence-corrected chi connectivity index (χ1v) is 4.97. The minimum absolute atomic E-state index is 0.0600. The van der Waals surface area contributed by atoms with Crippen LogP contribution >= 0.6 is 0 Å². The number of hydrogen-bond donors (Lipinski definition) is 1. The van der Waals surface area contributed by atoms with Crippen LogP contribution in [0.2, 0.25) is 0 Å². The number of fused-ring (bicyclic) bond motifs is 1. The van der Waals surface area contributed by atoms with Crippen molar-refractivity contribution in [3.05, 3.63) is 29.1 Å². The Morgan fingerprint density at radius 3 is 2.65 bits per heavy atom. The van der Waals surface area contributed by atoms with Crippen molar-refractivity contribution >= 4 is 11.0 Å². The Labute approximate surface area is 95.6 Å². The van der Waals surface area contributed by atoms with Gasteiger partial charge < -0.3 is 9.72 Å². The van der Waals surface area contributed by atoms with E-state index in [4.69, 9.17) is 4.74 Å². The second kappa shape index (κ2) is 4.03. The predicted octanol–water partition coefficient (Wildman–Crippen LogP) is 3.04. The number of aromatic amines is 1. The van der Waals surface area contributed by atoms with Crippen LogP contribution in [0.5, 0.6) is 0 Å². The Hall–Kier alpha value is -1.56. The maximum Gasteiger partial charge on any atom is 0.418 e. The highest BCUT2D eigenvalue weighted by atomic mass is 19.4. The highest BCUT2D eigenvalue weighted by Gasteiger charge is 2.34. The minimum Gasteiger partial charge on any atom is -0.377 e. The molecule has 0 atom stereocenters. The van der Waals surface area contributed by atoms with E-state index in [2.05, 4.69) is 9.97 Å². The molecule has 0 aliphatic rings. The molecule has 2 aromatic rings. The molecule has 1 heterocycles. The van der Waals surface area contributed by atoms with Crippen molar-refractivity contribution in [1.29, 1.82) is 0 Å². The van der Waals surface area contributed by atoms with Crippen molar-refractivity contribution < 1.29 is 17.9 Å². The summed E-state index contributed by atoms with van der Waals surface area (Å²) < 4.78 is 43.3. The SMILES string of the molecule is COCc1nc2c(C(F)(F)F)cc(C)cc2[nH]1. The number of nitrogens with one attached hydrogen (secondary N) is 1. The van der Waals surface area contributed by atoms with Gasteiger partial charge in [-0.3, -0.25) is 0 Å². The van der Waals surface area contributed by atoms with Gasteiger partial charge in [-0.1, -0.05) is 0 Å². The zero-order chi connectivity index (χ0) is 12.6. The highest BCUT2D eigenvalue weighted by Crippen LogP contribution is 2.34. The molecule has 0 spiro atoms. The number of imidazole rings is 1. The fraction of sp³-hybridized carbons (Fsp3) is 0.364. The van der Waals surface area contributed by atoms with Crippen molar-refractivity contribution in [1.82, 2.24) is 9.97 Å². The van der Waals surface area contributed by atoms with E-state index in [1.807, 2.05) is 0 Å². The second-order valence-corrected chi connectivity index (χ2v) is 3.82. The summed E-state index contributed by atoms with van der Waals surface area (Å²) in [5.74, 6) is 0.388. The molecule has 0 amide bonds. The number of nitrogens with zero attached hydrogens (tertiary/aromatic N) is 1. The minimum atomic E-state index is -4.40. The number of methoxy groups -OCH3 is 1. The molecule has 1 aromatic carbocycles. The summed E-state index contributed by atoms with van der Waals surface area (Å²) >= 11 is 0. The lowest BCUT2D eigenvalue weighted by molar-refractivity contribution is -0.136. The van der Waals surface area contributed by atoms with Crippen molar-refractivity contribution in [2.24, 2.45) is 0 Å². The van der Waals surface area contributed by atoms with Crippen LogP contribution in [0, 0.1) is 6.92 Å². The third-order valence-electron chi connectivity index (χ3n) is 2.37. The quantitative estimate of drug-likeness (QED) is 0.881. The Morgan fingerprint density at radius 2 is 2.06 bits per heavy atom. The van der Waals surface area contributed by atoms with Crippen LogP contribution in [0.15, 0.2) is 12.1 Å². The Balaban J connectivity index is 2.66. The predicted molar refractivity (Wildman–Crippen MR) is 56.5 cm³/mol. The summed E-state index contributed by atoms with van der Waals surface area (Å²) in [5.41, 5.74) is 0.142. The standard InChI is InChI=1S/C11H11F3N2O/c1-6-3-7(11(12,13)14)10-8(4-6)15-9(16-10)5-17-2/h3-4H,5H2,1-2H3,(H,15,16). The summed E-state index contributed by atoms with van der Waals surface area (Å²) in [4.78, 5) is 6.72. The normalized spacial score (nSPS) is 12.3. The van der Waals surface area contributed by atoms with Gasteiger partial charge in [-0.05, 0) is 24.6 Å². The topological polar surface area (TPSA) is 37.9 Å². The smallest absolute Gasteiger partial charge is 0.377 e. The van der Waals surface area contributed by atoms with Gasteiger partial charge in [0.25, 0.3) is 0 Å². The van der Waals surface area contributed by atoms with Crippen LogP contribution in [0.4, 0.5) is 13.2 Å². The van der Waals surface area contributed by atoms with Gasteiger partial charge in [-0.25, -0.2) is 4.98 Å². The molecule has 0 radical (unpaired) electrons. The molecular weight excluding hydrogens is 233 g/mol. The van der Waals surface area contributed by atoms with Gasteiger partial charge in [-0.15, -0.1) is 0 Å². The summed E-state index contributed by atoms with van der Waals surface area (Å²) in [5, 5.41) is 0. The molecule has 0 unspecified atom stereocenters. The van der Waals surface area contributed by atoms with Crippen molar-refractivity contribution in [2.75, 3.05) is 7.11 Å². The number of aryl methyl sites for hydroxylation is 1. The average molecular weight is 244 g/mol. The van der Waals surface area contributed by atoms with Crippen LogP contribution < -0.4 is 0 Å². The van der Waals surface area contributed by atoms with Crippen LogP contribution in [-0.4, -0.2) is 17.1 Å². The maximum absolute atomic E-state index is 12.8. The second-order valence-electron chi connectivity index (χ2n) is 3.82. The van der Waals surface area contributed by atoms with E-state index in [9.17, 15) is 13.2 Å². The molecule has 6 heteroatoms. The molecule has 0 saturated heterocycles. The monoisotopic (exact) mass is 244 g/mol. The van der Waals surface area contributed by atoms with E-state index in [-0.39, 0.29) is 12.1 Å². The van der Waals surface area contributed by atoms with Crippen molar-refractivity contribution in [3.8, 4) is 0 Å². The number of benzene rings is 1. The third kappa shape index (κ3) is 2.26. The molecule has 1 aromatic heterocycles. The van der Waals surface area contributed by atoms with Gasteiger partial charge in [0.1, 0.15) is 17.9 Å². The van der Waals surface area contributed by atoms with Crippen molar-refractivity contribution in [3.63, 3.8) is 0 Å². The Bertz CT molecular complexity index is 545. The first-order valence-electron chi connectivity index (χ1n) is 4.97. The summed E-state index contributed by atoms with van der Waals surface area (Å²) in [7, 11) is 1.46. The number of halogens is 3. The molecule has 0 saturated carbocycles. The van der Waals surface area contributed by atoms with Gasteiger partial charge in [0.2, 0.25) is 0 Å². The molecule has 0 bridgehead atoms. The van der Waals surface area contributed by atoms with E-state index in [1.165, 1.54) is 7.11 Å². The first-order chi connectivity index (χ1) is 7.91. The molecule has 0 fully saturated rings. The average Bonchev–Trinajstić information content (AvgIpc) is 2.57. The number of hydrogen-bond acceptors (Lipinski definition) is 2. The zero-order valence-electron chi connectivity index (χ0n) is 9.35. The van der Waals surface area contributed by atoms with E-state index < -0.39 is 11.7 Å². The van der Waals surface area contributed by atoms with Crippen LogP contribution in [0.25, 0.3) is 11.0 Å². The van der Waals surface area contributed by atoms with Crippen molar-refractivity contribution in [2.45, 2.75) is 19.7 Å². The summed E-state index contributed by atoms with van der Waals surface area (Å²) in [6.45, 7) is 1.77. The summed E-state index contributed by atoms with van der Waals surface area (Å²) in [6, 6.07) is 2.73. The number of ether oxygens (including phenoxy) is 1. The molecule has 0 aliphatic carbocycles. The lowest BCUT2D eigenvalue weighted by Crippen LogP contribution is -2.06. The lowest BCUT2D eigenvalue weighted by atomic mass is 10.1. The zero-order valence-corrected chi connectivity index (χ0v) is 9.35. The lowest BCUT2D eigenvalue weighted by Gasteiger charge is -2.07. The molecular formula is C11H11F3N2O. The van der Waals surface area contributed by atoms with Gasteiger partial charge in [0.15, 0.2) is 0 Å². The first kappa shape index (κ1) is 11.9. The number of rotatable bonds is 2. The van der Waals surface area contributed by atoms with E-state index in [0.29, 0.717) is 16.9 Å². The maximum atomic E-state index is 12.8. The molecule has 92 valence electrons. The van der Waals surface area contributed by atoms with Gasteiger partial charge >= 0.3 is 6.18 Å². The highest BCUT2D eigenvalue weighted by molar-refractivity contribution is 5.80. The molecule has 0 aliphatic heterocycles. The van der Waals surface area contributed by atoms with Gasteiger partial charge in [0.05, 0.1) is 11.1 Å². The fourth-order valence-electron chi connectivity index (χ4n) is 1.73. The van der Waals surface area contributed by atoms with Crippen LogP contribution in [0.1, 0.15) is 17.0 Å². The number of aromatic nitrogens is 2. The molecule has 3 nitrogen and oxygen atoms in total. The van der Waals surface area contributed by atoms with Crippen LogP contribution in [0.3, 0.4) is 0 Å². The van der Waals surface area contributed by atoms with Gasteiger partial charge in [0, 0.05) is 7.11 Å². The van der Waals surface area contributed by atoms with E-state index in [1.54, 1.807) is 13.0 Å². The summed E-state index contributed by atoms with van der Waals surface area (Å²) in [6.07, 6.45) is -4.40. The fourth-order valence-corrected chi connectivity index (χ4v) is 1.73. The molecule has 2 rings (SSSR count). The largest absolute Gasteiger partial charge is 0.418 e. The third-order valence-corrected chi connectivity index (χ3v) is 2.37. The molecule has 17 heavy (non-hydrogen) atoms.